The second-order valence-corrected chi connectivity index (χ2v) is 5.69. The zero-order valence-electron chi connectivity index (χ0n) is 10.6. The number of aromatic nitrogens is 1. The number of thioether (sulfide) groups is 1. The Morgan fingerprint density at radius 3 is 2.44 bits per heavy atom. The zero-order valence-corrected chi connectivity index (χ0v) is 12.2. The fourth-order valence-electron chi connectivity index (χ4n) is 1.48. The molecule has 0 saturated heterocycles. The highest BCUT2D eigenvalue weighted by atomic mass is 32.2. The number of aryl methyl sites for hydroxylation is 2. The van der Waals surface area contributed by atoms with Crippen LogP contribution in [0.15, 0.2) is 22.7 Å². The lowest BCUT2D eigenvalue weighted by molar-refractivity contribution is -0.578. The third-order valence-corrected chi connectivity index (χ3v) is 3.66. The zero-order chi connectivity index (χ0) is 13.7. The van der Waals surface area contributed by atoms with Gasteiger partial charge >= 0.3 is 0 Å². The summed E-state index contributed by atoms with van der Waals surface area (Å²) in [7, 11) is 0. The molecule has 94 valence electrons. The van der Waals surface area contributed by atoms with E-state index in [1.165, 1.54) is 18.7 Å². The molecule has 5 heteroatoms. The van der Waals surface area contributed by atoms with Gasteiger partial charge in [0.1, 0.15) is 5.78 Å². The maximum absolute atomic E-state index is 10.9. The Bertz CT molecular complexity index is 524. The van der Waals surface area contributed by atoms with Gasteiger partial charge in [-0.3, -0.25) is 4.79 Å². The van der Waals surface area contributed by atoms with E-state index in [1.54, 1.807) is 4.57 Å². The lowest BCUT2D eigenvalue weighted by Gasteiger charge is -2.10. The first-order chi connectivity index (χ1) is 8.43. The molecule has 0 atom stereocenters. The Kier molecular flexibility index (Phi) is 5.32. The second kappa shape index (κ2) is 6.53. The van der Waals surface area contributed by atoms with Gasteiger partial charge in [-0.25, -0.2) is 0 Å². The molecule has 0 saturated carbocycles. The van der Waals surface area contributed by atoms with E-state index in [4.69, 9.17) is 12.6 Å². The van der Waals surface area contributed by atoms with Crippen LogP contribution in [0.5, 0.6) is 0 Å². The minimum Gasteiger partial charge on any atom is -0.766 e. The summed E-state index contributed by atoms with van der Waals surface area (Å²) in [5, 5.41) is 9.20. The maximum atomic E-state index is 10.9. The highest BCUT2D eigenvalue weighted by Crippen LogP contribution is 2.18. The van der Waals surface area contributed by atoms with Gasteiger partial charge in [0.2, 0.25) is 0 Å². The predicted octanol–water partition coefficient (Wildman–Crippen LogP) is 2.11. The third kappa shape index (κ3) is 4.13. The summed E-state index contributed by atoms with van der Waals surface area (Å²) >= 11 is 6.42. The van der Waals surface area contributed by atoms with Crippen molar-refractivity contribution >= 4 is 35.9 Å². The minimum absolute atomic E-state index is 0.0464. The Labute approximate surface area is 117 Å². The SMILES string of the molecule is CC(=O)CSC([S-])=C(C#N)[n+]1cc(C)cc(C)c1. The van der Waals surface area contributed by atoms with Crippen molar-refractivity contribution in [1.82, 2.24) is 0 Å². The van der Waals surface area contributed by atoms with Gasteiger partial charge in [-0.05, 0) is 26.8 Å². The van der Waals surface area contributed by atoms with Gasteiger partial charge in [0, 0.05) is 11.1 Å². The van der Waals surface area contributed by atoms with Crippen molar-refractivity contribution in [2.45, 2.75) is 20.8 Å². The van der Waals surface area contributed by atoms with Crippen LogP contribution in [0.2, 0.25) is 0 Å². The summed E-state index contributed by atoms with van der Waals surface area (Å²) in [6.07, 6.45) is 3.71. The molecule has 1 aromatic rings. The van der Waals surface area contributed by atoms with Crippen LogP contribution in [0, 0.1) is 25.2 Å². The molecule has 3 nitrogen and oxygen atoms in total. The average Bonchev–Trinajstić information content (AvgIpc) is 2.26. The Morgan fingerprint density at radius 1 is 1.44 bits per heavy atom. The molecule has 1 heterocycles. The van der Waals surface area contributed by atoms with Crippen molar-refractivity contribution in [2.75, 3.05) is 5.75 Å². The van der Waals surface area contributed by atoms with E-state index in [-0.39, 0.29) is 5.78 Å². The molecule has 18 heavy (non-hydrogen) atoms. The van der Waals surface area contributed by atoms with Crippen LogP contribution in [-0.2, 0) is 17.4 Å². The van der Waals surface area contributed by atoms with Crippen molar-refractivity contribution in [3.8, 4) is 6.07 Å². The number of Topliss-reactive ketones (excluding diaryl/α,β-unsaturated/α-hetero) is 1. The topological polar surface area (TPSA) is 44.7 Å². The molecule has 1 rings (SSSR count). The van der Waals surface area contributed by atoms with Gasteiger partial charge in [-0.1, -0.05) is 4.24 Å². The number of nitriles is 1. The van der Waals surface area contributed by atoms with Gasteiger partial charge in [-0.2, -0.15) is 9.83 Å². The van der Waals surface area contributed by atoms with Crippen LogP contribution in [0.1, 0.15) is 18.1 Å². The van der Waals surface area contributed by atoms with Crippen LogP contribution in [-0.4, -0.2) is 11.5 Å². The first-order valence-corrected chi connectivity index (χ1v) is 6.77. The normalized spacial score (nSPS) is 11.7. The first kappa shape index (κ1) is 14.7. The standard InChI is InChI=1S/C13H14N2OS2/c1-9-4-10(2)7-15(6-9)12(5-14)13(17)18-8-11(3)16/h4,6-7H,8H2,1-3H3. The van der Waals surface area contributed by atoms with Crippen molar-refractivity contribution in [3.63, 3.8) is 0 Å². The molecule has 0 N–H and O–H groups in total. The molecule has 0 aromatic carbocycles. The van der Waals surface area contributed by atoms with E-state index >= 15 is 0 Å². The van der Waals surface area contributed by atoms with E-state index in [9.17, 15) is 10.1 Å². The van der Waals surface area contributed by atoms with Gasteiger partial charge < -0.3 is 12.6 Å². The maximum Gasteiger partial charge on any atom is 0.275 e. The Morgan fingerprint density at radius 2 is 2.00 bits per heavy atom. The molecule has 1 aromatic heterocycles. The van der Waals surface area contributed by atoms with Gasteiger partial charge in [-0.15, -0.1) is 11.8 Å². The number of rotatable bonds is 4. The minimum atomic E-state index is 0.0464. The van der Waals surface area contributed by atoms with Crippen LogP contribution in [0.25, 0.3) is 5.70 Å². The molecule has 0 fully saturated rings. The summed E-state index contributed by atoms with van der Waals surface area (Å²) in [5.41, 5.74) is 2.51. The lowest BCUT2D eigenvalue weighted by Crippen LogP contribution is -2.32. The summed E-state index contributed by atoms with van der Waals surface area (Å²) in [6, 6.07) is 4.13. The lowest BCUT2D eigenvalue weighted by atomic mass is 10.2. The van der Waals surface area contributed by atoms with Crippen LogP contribution >= 0.6 is 11.8 Å². The molecular weight excluding hydrogens is 264 g/mol. The number of hydrogen-bond donors (Lipinski definition) is 0. The molecule has 0 amide bonds. The molecule has 0 bridgehead atoms. The number of allylic oxidation sites excluding steroid dienone is 1. The fourth-order valence-corrected chi connectivity index (χ4v) is 2.43. The van der Waals surface area contributed by atoms with Gasteiger partial charge in [0.05, 0.1) is 5.75 Å². The highest BCUT2D eigenvalue weighted by Gasteiger charge is 2.12. The molecule has 0 aliphatic rings. The van der Waals surface area contributed by atoms with Crippen LogP contribution in [0.3, 0.4) is 0 Å². The fraction of sp³-hybridized carbons (Fsp3) is 0.308. The monoisotopic (exact) mass is 278 g/mol. The molecular formula is C13H14N2OS2. The smallest absolute Gasteiger partial charge is 0.275 e. The summed E-state index contributed by atoms with van der Waals surface area (Å²) in [5.74, 6) is 0.347. The number of pyridine rings is 1. The molecule has 0 aliphatic heterocycles. The molecule has 0 unspecified atom stereocenters. The van der Waals surface area contributed by atoms with Crippen molar-refractivity contribution in [1.29, 1.82) is 5.26 Å². The van der Waals surface area contributed by atoms with Crippen molar-refractivity contribution in [3.05, 3.63) is 33.8 Å². The Hall–Kier alpha value is -1.38. The molecule has 0 aliphatic carbocycles. The van der Waals surface area contributed by atoms with Crippen molar-refractivity contribution < 1.29 is 9.36 Å². The first-order valence-electron chi connectivity index (χ1n) is 5.37. The molecule has 0 radical (unpaired) electrons. The average molecular weight is 278 g/mol. The van der Waals surface area contributed by atoms with Gasteiger partial charge in [0.25, 0.3) is 5.70 Å². The van der Waals surface area contributed by atoms with E-state index in [0.717, 1.165) is 11.1 Å². The molecule has 0 spiro atoms. The second-order valence-electron chi connectivity index (χ2n) is 4.04. The highest BCUT2D eigenvalue weighted by molar-refractivity contribution is 8.11. The van der Waals surface area contributed by atoms with E-state index < -0.39 is 0 Å². The summed E-state index contributed by atoms with van der Waals surface area (Å²) in [4.78, 5) is 10.9. The number of nitrogens with zero attached hydrogens (tertiary/aromatic N) is 2. The number of carbonyl (C=O) groups excluding carboxylic acids is 1. The van der Waals surface area contributed by atoms with E-state index in [0.29, 0.717) is 15.7 Å². The van der Waals surface area contributed by atoms with E-state index in [2.05, 4.69) is 6.07 Å². The van der Waals surface area contributed by atoms with Crippen LogP contribution < -0.4 is 4.57 Å². The van der Waals surface area contributed by atoms with Gasteiger partial charge in [0.15, 0.2) is 18.5 Å². The quantitative estimate of drug-likeness (QED) is 0.481. The summed E-state index contributed by atoms with van der Waals surface area (Å²) < 4.78 is 2.17. The van der Waals surface area contributed by atoms with E-state index in [1.807, 2.05) is 32.3 Å². The number of hydrogen-bond acceptors (Lipinski definition) is 4. The summed E-state index contributed by atoms with van der Waals surface area (Å²) in [6.45, 7) is 5.43. The number of ketones is 1. The predicted molar refractivity (Wildman–Crippen MR) is 75.4 cm³/mol. The largest absolute Gasteiger partial charge is 0.766 e. The number of carbonyl (C=O) groups is 1. The van der Waals surface area contributed by atoms with Crippen LogP contribution in [0.4, 0.5) is 0 Å². The third-order valence-electron chi connectivity index (χ3n) is 2.10. The van der Waals surface area contributed by atoms with Crippen molar-refractivity contribution in [2.24, 2.45) is 0 Å². The Balaban J connectivity index is 3.12.